The van der Waals surface area contributed by atoms with E-state index in [-0.39, 0.29) is 5.91 Å². The molecule has 0 unspecified atom stereocenters. The number of nitrogens with two attached hydrogens (primary N) is 1. The lowest BCUT2D eigenvalue weighted by atomic mass is 9.82. The molecule has 0 aliphatic heterocycles. The number of amides is 1. The molecule has 1 amide bonds. The van der Waals surface area contributed by atoms with Crippen LogP contribution in [0, 0.1) is 5.92 Å². The van der Waals surface area contributed by atoms with Gasteiger partial charge in [0.15, 0.2) is 5.13 Å². The van der Waals surface area contributed by atoms with Crippen molar-refractivity contribution in [2.75, 3.05) is 17.6 Å². The van der Waals surface area contributed by atoms with Crippen LogP contribution < -0.4 is 16.4 Å². The quantitative estimate of drug-likeness (QED) is 0.763. The number of thiazole rings is 1. The normalized spacial score (nSPS) is 22.3. The monoisotopic (exact) mass is 268 g/mol. The molecule has 5 nitrogen and oxygen atoms in total. The van der Waals surface area contributed by atoms with E-state index in [1.165, 1.54) is 11.3 Å². The standard InChI is InChI=1S/C12H20N4OS/c1-3-4-14-12-16-10(13)9(18-12)11(17)15-8-5-7(2)6-8/h7-8H,3-6,13H2,1-2H3,(H,14,16)(H,15,17). The fourth-order valence-electron chi connectivity index (χ4n) is 2.07. The predicted molar refractivity (Wildman–Crippen MR) is 75.0 cm³/mol. The van der Waals surface area contributed by atoms with Gasteiger partial charge in [-0.3, -0.25) is 4.79 Å². The summed E-state index contributed by atoms with van der Waals surface area (Å²) < 4.78 is 0. The largest absolute Gasteiger partial charge is 0.382 e. The highest BCUT2D eigenvalue weighted by molar-refractivity contribution is 7.18. The van der Waals surface area contributed by atoms with Crippen molar-refractivity contribution in [2.24, 2.45) is 5.92 Å². The topological polar surface area (TPSA) is 80.0 Å². The van der Waals surface area contributed by atoms with Gasteiger partial charge in [-0.25, -0.2) is 4.98 Å². The van der Waals surface area contributed by atoms with Gasteiger partial charge in [0.1, 0.15) is 10.7 Å². The molecule has 1 aliphatic carbocycles. The van der Waals surface area contributed by atoms with Crippen molar-refractivity contribution >= 4 is 28.2 Å². The zero-order chi connectivity index (χ0) is 13.1. The van der Waals surface area contributed by atoms with Crippen LogP contribution in [0.3, 0.4) is 0 Å². The van der Waals surface area contributed by atoms with E-state index >= 15 is 0 Å². The van der Waals surface area contributed by atoms with Crippen molar-refractivity contribution in [3.8, 4) is 0 Å². The predicted octanol–water partition coefficient (Wildman–Crippen LogP) is 2.08. The summed E-state index contributed by atoms with van der Waals surface area (Å²) in [7, 11) is 0. The van der Waals surface area contributed by atoms with E-state index in [0.717, 1.165) is 36.9 Å². The average Bonchev–Trinajstić information content (AvgIpc) is 2.66. The van der Waals surface area contributed by atoms with Gasteiger partial charge in [-0.2, -0.15) is 0 Å². The fourth-order valence-corrected chi connectivity index (χ4v) is 2.89. The highest BCUT2D eigenvalue weighted by Gasteiger charge is 2.28. The summed E-state index contributed by atoms with van der Waals surface area (Å²) in [6.07, 6.45) is 3.14. The lowest BCUT2D eigenvalue weighted by Gasteiger charge is -2.33. The summed E-state index contributed by atoms with van der Waals surface area (Å²) >= 11 is 1.33. The van der Waals surface area contributed by atoms with Crippen molar-refractivity contribution in [3.63, 3.8) is 0 Å². The van der Waals surface area contributed by atoms with Crippen molar-refractivity contribution in [1.82, 2.24) is 10.3 Å². The van der Waals surface area contributed by atoms with E-state index in [1.807, 2.05) is 0 Å². The van der Waals surface area contributed by atoms with E-state index < -0.39 is 0 Å². The molecule has 0 aromatic carbocycles. The van der Waals surface area contributed by atoms with Gasteiger partial charge in [0.05, 0.1) is 0 Å². The molecular formula is C12H20N4OS. The van der Waals surface area contributed by atoms with E-state index in [9.17, 15) is 4.79 Å². The van der Waals surface area contributed by atoms with Crippen molar-refractivity contribution < 1.29 is 4.79 Å². The molecule has 0 saturated heterocycles. The Morgan fingerprint density at radius 1 is 1.56 bits per heavy atom. The molecule has 1 aromatic heterocycles. The number of nitrogens with one attached hydrogen (secondary N) is 2. The SMILES string of the molecule is CCCNc1nc(N)c(C(=O)NC2CC(C)C2)s1. The highest BCUT2D eigenvalue weighted by Crippen LogP contribution is 2.29. The van der Waals surface area contributed by atoms with Gasteiger partial charge < -0.3 is 16.4 Å². The molecule has 0 radical (unpaired) electrons. The van der Waals surface area contributed by atoms with Crippen molar-refractivity contribution in [3.05, 3.63) is 4.88 Å². The van der Waals surface area contributed by atoms with Gasteiger partial charge in [0, 0.05) is 12.6 Å². The molecule has 0 spiro atoms. The van der Waals surface area contributed by atoms with Crippen LogP contribution in [-0.4, -0.2) is 23.5 Å². The van der Waals surface area contributed by atoms with Gasteiger partial charge in [-0.05, 0) is 25.2 Å². The number of rotatable bonds is 5. The summed E-state index contributed by atoms with van der Waals surface area (Å²) in [5.41, 5.74) is 5.77. The number of carbonyl (C=O) groups is 1. The van der Waals surface area contributed by atoms with Crippen LogP contribution in [0.4, 0.5) is 10.9 Å². The van der Waals surface area contributed by atoms with Crippen LogP contribution in [0.5, 0.6) is 0 Å². The number of aromatic nitrogens is 1. The smallest absolute Gasteiger partial charge is 0.265 e. The molecular weight excluding hydrogens is 248 g/mol. The molecule has 0 atom stereocenters. The molecule has 1 saturated carbocycles. The number of nitrogens with zero attached hydrogens (tertiary/aromatic N) is 1. The molecule has 0 bridgehead atoms. The Morgan fingerprint density at radius 3 is 2.89 bits per heavy atom. The second kappa shape index (κ2) is 5.56. The Bertz CT molecular complexity index is 426. The number of hydrogen-bond donors (Lipinski definition) is 3. The first-order chi connectivity index (χ1) is 8.60. The average molecular weight is 268 g/mol. The molecule has 1 heterocycles. The molecule has 18 heavy (non-hydrogen) atoms. The first kappa shape index (κ1) is 13.1. The zero-order valence-corrected chi connectivity index (χ0v) is 11.6. The van der Waals surface area contributed by atoms with Crippen LogP contribution >= 0.6 is 11.3 Å². The van der Waals surface area contributed by atoms with Gasteiger partial charge in [0.25, 0.3) is 5.91 Å². The van der Waals surface area contributed by atoms with Gasteiger partial charge in [-0.1, -0.05) is 25.2 Å². The summed E-state index contributed by atoms with van der Waals surface area (Å²) in [5.74, 6) is 0.950. The Balaban J connectivity index is 1.94. The number of hydrogen-bond acceptors (Lipinski definition) is 5. The summed E-state index contributed by atoms with van der Waals surface area (Å²) in [6, 6.07) is 0.307. The maximum absolute atomic E-state index is 12.0. The number of anilines is 2. The molecule has 100 valence electrons. The first-order valence-corrected chi connectivity index (χ1v) is 7.22. The second-order valence-electron chi connectivity index (χ2n) is 4.91. The summed E-state index contributed by atoms with van der Waals surface area (Å²) in [6.45, 7) is 5.11. The van der Waals surface area contributed by atoms with Gasteiger partial charge in [0.2, 0.25) is 0 Å². The Kier molecular flexibility index (Phi) is 4.06. The number of nitrogen functional groups attached to an aromatic ring is 1. The maximum atomic E-state index is 12.0. The van der Waals surface area contributed by atoms with Gasteiger partial charge >= 0.3 is 0 Å². The van der Waals surface area contributed by atoms with E-state index in [1.54, 1.807) is 0 Å². The minimum atomic E-state index is -0.0913. The van der Waals surface area contributed by atoms with Crippen LogP contribution in [0.25, 0.3) is 0 Å². The third-order valence-corrected chi connectivity index (χ3v) is 4.12. The minimum absolute atomic E-state index is 0.0913. The molecule has 1 aliphatic rings. The molecule has 2 rings (SSSR count). The van der Waals surface area contributed by atoms with Crippen LogP contribution in [0.15, 0.2) is 0 Å². The van der Waals surface area contributed by atoms with Crippen LogP contribution in [0.2, 0.25) is 0 Å². The summed E-state index contributed by atoms with van der Waals surface area (Å²) in [5, 5.41) is 6.87. The number of carbonyl (C=O) groups excluding carboxylic acids is 1. The van der Waals surface area contributed by atoms with Gasteiger partial charge in [-0.15, -0.1) is 0 Å². The molecule has 1 fully saturated rings. The zero-order valence-electron chi connectivity index (χ0n) is 10.8. The Hall–Kier alpha value is -1.30. The van der Waals surface area contributed by atoms with Crippen LogP contribution in [0.1, 0.15) is 42.8 Å². The minimum Gasteiger partial charge on any atom is -0.382 e. The van der Waals surface area contributed by atoms with Crippen molar-refractivity contribution in [2.45, 2.75) is 39.2 Å². The van der Waals surface area contributed by atoms with E-state index in [4.69, 9.17) is 5.73 Å². The lowest BCUT2D eigenvalue weighted by Crippen LogP contribution is -2.43. The molecule has 1 aromatic rings. The second-order valence-corrected chi connectivity index (χ2v) is 5.91. The molecule has 4 N–H and O–H groups in total. The lowest BCUT2D eigenvalue weighted by molar-refractivity contribution is 0.0901. The van der Waals surface area contributed by atoms with E-state index in [0.29, 0.717) is 16.7 Å². The third kappa shape index (κ3) is 2.93. The van der Waals surface area contributed by atoms with E-state index in [2.05, 4.69) is 29.5 Å². The molecule has 6 heteroatoms. The third-order valence-electron chi connectivity index (χ3n) is 3.09. The first-order valence-electron chi connectivity index (χ1n) is 6.41. The van der Waals surface area contributed by atoms with Crippen LogP contribution in [-0.2, 0) is 0 Å². The Morgan fingerprint density at radius 2 is 2.28 bits per heavy atom. The fraction of sp³-hybridized carbons (Fsp3) is 0.667. The highest BCUT2D eigenvalue weighted by atomic mass is 32.1. The maximum Gasteiger partial charge on any atom is 0.265 e. The summed E-state index contributed by atoms with van der Waals surface area (Å²) in [4.78, 5) is 16.7. The Labute approximate surface area is 111 Å². The van der Waals surface area contributed by atoms with Crippen molar-refractivity contribution in [1.29, 1.82) is 0 Å².